The Labute approximate surface area is 120 Å². The van der Waals surface area contributed by atoms with Gasteiger partial charge >= 0.3 is 0 Å². The second kappa shape index (κ2) is 5.50. The number of carbonyl (C=O) groups is 1. The molecule has 0 atom stereocenters. The van der Waals surface area contributed by atoms with E-state index in [1.54, 1.807) is 23.9 Å². The molecule has 3 rings (SSSR count). The molecule has 5 nitrogen and oxygen atoms in total. The summed E-state index contributed by atoms with van der Waals surface area (Å²) in [4.78, 5) is 24.7. The van der Waals surface area contributed by atoms with E-state index < -0.39 is 0 Å². The molecule has 0 radical (unpaired) electrons. The Morgan fingerprint density at radius 2 is 2.25 bits per heavy atom. The lowest BCUT2D eigenvalue weighted by molar-refractivity contribution is 0.112. The summed E-state index contributed by atoms with van der Waals surface area (Å²) in [7, 11) is 0. The number of hydrogen-bond donors (Lipinski definition) is 1. The van der Waals surface area contributed by atoms with E-state index in [4.69, 9.17) is 0 Å². The average molecular weight is 286 g/mol. The van der Waals surface area contributed by atoms with Crippen molar-refractivity contribution >= 4 is 43.9 Å². The van der Waals surface area contributed by atoms with Crippen LogP contribution in [0.5, 0.6) is 0 Å². The third-order valence-electron chi connectivity index (χ3n) is 3.09. The van der Waals surface area contributed by atoms with Crippen LogP contribution < -0.4 is 5.32 Å². The molecule has 0 unspecified atom stereocenters. The van der Waals surface area contributed by atoms with E-state index >= 15 is 0 Å². The Bertz CT molecular complexity index is 768. The summed E-state index contributed by atoms with van der Waals surface area (Å²) in [6, 6.07) is 1.83. The van der Waals surface area contributed by atoms with Crippen LogP contribution in [0.25, 0.3) is 20.4 Å². The van der Waals surface area contributed by atoms with Gasteiger partial charge in [0.25, 0.3) is 0 Å². The van der Waals surface area contributed by atoms with Crippen LogP contribution in [0.15, 0.2) is 18.6 Å². The van der Waals surface area contributed by atoms with Crippen molar-refractivity contribution in [3.63, 3.8) is 0 Å². The number of hydrogen-bond acceptors (Lipinski definition) is 6. The number of anilines is 1. The number of unbranched alkanes of at least 4 members (excludes halogenated alkanes) is 1. The van der Waals surface area contributed by atoms with Gasteiger partial charge in [0, 0.05) is 23.7 Å². The lowest BCUT2D eigenvalue weighted by atomic mass is 10.2. The van der Waals surface area contributed by atoms with E-state index in [0.717, 1.165) is 51.9 Å². The first-order valence-electron chi connectivity index (χ1n) is 6.55. The molecule has 0 aliphatic heterocycles. The maximum Gasteiger partial charge on any atom is 0.151 e. The van der Waals surface area contributed by atoms with Gasteiger partial charge in [-0.2, -0.15) is 0 Å². The first-order valence-corrected chi connectivity index (χ1v) is 7.37. The highest BCUT2D eigenvalue weighted by molar-refractivity contribution is 7.25. The van der Waals surface area contributed by atoms with E-state index in [1.165, 1.54) is 0 Å². The van der Waals surface area contributed by atoms with Gasteiger partial charge in [-0.1, -0.05) is 13.3 Å². The van der Waals surface area contributed by atoms with Gasteiger partial charge in [-0.15, -0.1) is 11.3 Å². The fourth-order valence-electron chi connectivity index (χ4n) is 2.05. The van der Waals surface area contributed by atoms with Crippen LogP contribution in [0.3, 0.4) is 0 Å². The molecule has 3 aromatic rings. The number of thiophene rings is 1. The molecule has 0 saturated carbocycles. The fourth-order valence-corrected chi connectivity index (χ4v) is 3.10. The summed E-state index contributed by atoms with van der Waals surface area (Å²) in [5.41, 5.74) is 1.42. The van der Waals surface area contributed by atoms with E-state index in [1.807, 2.05) is 6.07 Å². The molecule has 0 aliphatic carbocycles. The van der Waals surface area contributed by atoms with Gasteiger partial charge in [0.2, 0.25) is 0 Å². The smallest absolute Gasteiger partial charge is 0.151 e. The van der Waals surface area contributed by atoms with Crippen LogP contribution in [-0.2, 0) is 0 Å². The predicted octanol–water partition coefficient (Wildman–Crippen LogP) is 3.26. The Kier molecular flexibility index (Phi) is 3.56. The number of carbonyl (C=O) groups excluding carboxylic acids is 1. The molecule has 0 aliphatic rings. The maximum atomic E-state index is 10.9. The van der Waals surface area contributed by atoms with Gasteiger partial charge in [-0.3, -0.25) is 4.79 Å². The Hall–Kier alpha value is -2.08. The van der Waals surface area contributed by atoms with Crippen molar-refractivity contribution < 1.29 is 4.79 Å². The standard InChI is InChI=1S/C14H14N4OS/c1-2-3-4-15-13-12-11(17-8-18-13)10-5-9(7-19)6-16-14(10)20-12/h5-8H,2-4H2,1H3,(H,15,17,18). The topological polar surface area (TPSA) is 67.8 Å². The molecule has 0 saturated heterocycles. The number of pyridine rings is 1. The highest BCUT2D eigenvalue weighted by Gasteiger charge is 2.12. The Morgan fingerprint density at radius 1 is 1.35 bits per heavy atom. The third-order valence-corrected chi connectivity index (χ3v) is 4.20. The second-order valence-electron chi connectivity index (χ2n) is 4.52. The molecule has 0 aromatic carbocycles. The molecule has 1 N–H and O–H groups in total. The SMILES string of the molecule is CCCCNc1ncnc2c1sc1ncc(C=O)cc12. The number of nitrogens with one attached hydrogen (secondary N) is 1. The number of fused-ring (bicyclic) bond motifs is 3. The zero-order chi connectivity index (χ0) is 13.9. The second-order valence-corrected chi connectivity index (χ2v) is 5.52. The molecule has 0 fully saturated rings. The van der Waals surface area contributed by atoms with Crippen LogP contribution in [-0.4, -0.2) is 27.8 Å². The quantitative estimate of drug-likeness (QED) is 0.576. The first kappa shape index (κ1) is 12.9. The van der Waals surface area contributed by atoms with E-state index in [-0.39, 0.29) is 0 Å². The van der Waals surface area contributed by atoms with Gasteiger partial charge in [-0.25, -0.2) is 15.0 Å². The molecule has 0 amide bonds. The zero-order valence-corrected chi connectivity index (χ0v) is 11.9. The van der Waals surface area contributed by atoms with Gasteiger partial charge < -0.3 is 5.32 Å². The number of rotatable bonds is 5. The first-order chi connectivity index (χ1) is 9.83. The van der Waals surface area contributed by atoms with E-state index in [9.17, 15) is 4.79 Å². The summed E-state index contributed by atoms with van der Waals surface area (Å²) in [6.45, 7) is 3.05. The minimum Gasteiger partial charge on any atom is -0.369 e. The molecule has 6 heteroatoms. The van der Waals surface area contributed by atoms with Crippen molar-refractivity contribution in [3.8, 4) is 0 Å². The van der Waals surface area contributed by atoms with Crippen molar-refractivity contribution in [1.82, 2.24) is 15.0 Å². The van der Waals surface area contributed by atoms with Crippen LogP contribution in [0, 0.1) is 0 Å². The monoisotopic (exact) mass is 286 g/mol. The molecular weight excluding hydrogens is 272 g/mol. The van der Waals surface area contributed by atoms with Crippen molar-refractivity contribution in [2.75, 3.05) is 11.9 Å². The predicted molar refractivity (Wildman–Crippen MR) is 81.5 cm³/mol. The lowest BCUT2D eigenvalue weighted by Gasteiger charge is -2.04. The molecule has 0 spiro atoms. The Morgan fingerprint density at radius 3 is 3.05 bits per heavy atom. The summed E-state index contributed by atoms with van der Waals surface area (Å²) in [5, 5.41) is 4.25. The molecule has 20 heavy (non-hydrogen) atoms. The maximum absolute atomic E-state index is 10.9. The molecule has 3 aromatic heterocycles. The summed E-state index contributed by atoms with van der Waals surface area (Å²) in [5.74, 6) is 0.846. The molecular formula is C14H14N4OS. The van der Waals surface area contributed by atoms with E-state index in [2.05, 4.69) is 27.2 Å². The van der Waals surface area contributed by atoms with Crippen molar-refractivity contribution in [1.29, 1.82) is 0 Å². The van der Waals surface area contributed by atoms with Gasteiger partial charge in [0.05, 0.1) is 10.2 Å². The number of aromatic nitrogens is 3. The van der Waals surface area contributed by atoms with Gasteiger partial charge in [-0.05, 0) is 12.5 Å². The summed E-state index contributed by atoms with van der Waals surface area (Å²) >= 11 is 1.55. The van der Waals surface area contributed by atoms with Crippen LogP contribution in [0.2, 0.25) is 0 Å². The summed E-state index contributed by atoms with van der Waals surface area (Å²) in [6.07, 6.45) is 6.18. The average Bonchev–Trinajstić information content (AvgIpc) is 2.86. The van der Waals surface area contributed by atoms with Gasteiger partial charge in [0.15, 0.2) is 6.29 Å². The molecule has 3 heterocycles. The minimum absolute atomic E-state index is 0.566. The fraction of sp³-hybridized carbons (Fsp3) is 0.286. The third kappa shape index (κ3) is 2.22. The van der Waals surface area contributed by atoms with Gasteiger partial charge in [0.1, 0.15) is 17.0 Å². The zero-order valence-electron chi connectivity index (χ0n) is 11.1. The van der Waals surface area contributed by atoms with Crippen LogP contribution in [0.1, 0.15) is 30.1 Å². The van der Waals surface area contributed by atoms with Crippen molar-refractivity contribution in [2.45, 2.75) is 19.8 Å². The highest BCUT2D eigenvalue weighted by atomic mass is 32.1. The normalized spacial score (nSPS) is 11.1. The summed E-state index contributed by atoms with van der Waals surface area (Å²) < 4.78 is 0.995. The van der Waals surface area contributed by atoms with E-state index in [0.29, 0.717) is 5.56 Å². The van der Waals surface area contributed by atoms with Crippen LogP contribution in [0.4, 0.5) is 5.82 Å². The Balaban J connectivity index is 2.12. The number of nitrogens with zero attached hydrogens (tertiary/aromatic N) is 3. The molecule has 102 valence electrons. The largest absolute Gasteiger partial charge is 0.369 e. The molecule has 0 bridgehead atoms. The number of aldehydes is 1. The van der Waals surface area contributed by atoms with Crippen molar-refractivity contribution in [3.05, 3.63) is 24.2 Å². The minimum atomic E-state index is 0.566. The van der Waals surface area contributed by atoms with Crippen molar-refractivity contribution in [2.24, 2.45) is 0 Å². The lowest BCUT2D eigenvalue weighted by Crippen LogP contribution is -2.02. The highest BCUT2D eigenvalue weighted by Crippen LogP contribution is 2.34. The van der Waals surface area contributed by atoms with Crippen LogP contribution >= 0.6 is 11.3 Å².